The van der Waals surface area contributed by atoms with Gasteiger partial charge in [0.25, 0.3) is 6.17 Å². The maximum Gasteiger partial charge on any atom is 0.325 e. The zero-order chi connectivity index (χ0) is 19.8. The number of hydrogen-bond acceptors (Lipinski definition) is 4. The average molecular weight is 458 g/mol. The Hall–Kier alpha value is -2.45. The van der Waals surface area contributed by atoms with Gasteiger partial charge in [-0.3, -0.25) is 14.6 Å². The van der Waals surface area contributed by atoms with Gasteiger partial charge < -0.3 is 0 Å². The minimum Gasteiger partial charge on any atom is -0.291 e. The van der Waals surface area contributed by atoms with E-state index in [4.69, 9.17) is 5.10 Å². The van der Waals surface area contributed by atoms with Crippen molar-refractivity contribution in [1.29, 1.82) is 0 Å². The second-order valence-corrected chi connectivity index (χ2v) is 8.49. The van der Waals surface area contributed by atoms with Crippen LogP contribution in [0.1, 0.15) is 25.6 Å². The van der Waals surface area contributed by atoms with E-state index in [0.29, 0.717) is 22.1 Å². The average Bonchev–Trinajstić information content (AvgIpc) is 2.67. The molecule has 1 aromatic heterocycles. The Labute approximate surface area is 174 Å². The van der Waals surface area contributed by atoms with Crippen molar-refractivity contribution in [3.05, 3.63) is 68.9 Å². The maximum atomic E-state index is 13.0. The van der Waals surface area contributed by atoms with Gasteiger partial charge in [-0.1, -0.05) is 64.9 Å². The number of halogens is 1. The van der Waals surface area contributed by atoms with Gasteiger partial charge in [-0.2, -0.15) is 0 Å². The van der Waals surface area contributed by atoms with Gasteiger partial charge in [0.05, 0.1) is 11.3 Å². The normalized spacial score (nSPS) is 15.1. The highest BCUT2D eigenvalue weighted by atomic mass is 79.9. The molecule has 0 radical (unpaired) electrons. The molecule has 2 heterocycles. The first-order chi connectivity index (χ1) is 13.5. The van der Waals surface area contributed by atoms with Gasteiger partial charge in [0.15, 0.2) is 0 Å². The van der Waals surface area contributed by atoms with Crippen molar-refractivity contribution in [3.8, 4) is 11.3 Å². The van der Waals surface area contributed by atoms with Crippen LogP contribution in [0.25, 0.3) is 11.3 Å². The molecule has 6 nitrogen and oxygen atoms in total. The molecule has 1 atom stereocenters. The van der Waals surface area contributed by atoms with Crippen molar-refractivity contribution in [2.75, 3.05) is 10.7 Å². The van der Waals surface area contributed by atoms with Crippen LogP contribution in [0.5, 0.6) is 0 Å². The molecule has 2 aromatic carbocycles. The Morgan fingerprint density at radius 3 is 2.71 bits per heavy atom. The van der Waals surface area contributed by atoms with E-state index in [1.165, 1.54) is 18.7 Å². The standard InChI is InChI=1S/C20H17BrN4O2S/c1-3-28-20-22-18(27)17-15-11-14(21)9-10-16(15)24(12(2)26)19(25(17)23-20)13-7-5-4-6-8-13/h4-11,19H,3H2,1-2H3/p+1/t19-/m1/s1. The number of aromatic amines is 1. The van der Waals surface area contributed by atoms with Crippen LogP contribution in [0, 0.1) is 0 Å². The molecule has 1 aliphatic heterocycles. The van der Waals surface area contributed by atoms with Crippen molar-refractivity contribution in [3.63, 3.8) is 0 Å². The Balaban J connectivity index is 2.09. The van der Waals surface area contributed by atoms with Gasteiger partial charge in [0.1, 0.15) is 0 Å². The number of H-pyrrole nitrogens is 1. The molecule has 0 fully saturated rings. The number of nitrogens with zero attached hydrogens (tertiary/aromatic N) is 3. The summed E-state index contributed by atoms with van der Waals surface area (Å²) in [4.78, 5) is 30.3. The molecule has 1 aliphatic rings. The first-order valence-corrected chi connectivity index (χ1v) is 10.6. The second-order valence-electron chi connectivity index (χ2n) is 6.32. The lowest BCUT2D eigenvalue weighted by atomic mass is 10.0. The summed E-state index contributed by atoms with van der Waals surface area (Å²) in [5, 5.41) is 5.22. The molecular weight excluding hydrogens is 440 g/mol. The van der Waals surface area contributed by atoms with Crippen molar-refractivity contribution < 1.29 is 9.48 Å². The lowest BCUT2D eigenvalue weighted by Crippen LogP contribution is -2.60. The summed E-state index contributed by atoms with van der Waals surface area (Å²) in [5.74, 6) is 0.652. The molecule has 0 spiro atoms. The van der Waals surface area contributed by atoms with Crippen molar-refractivity contribution in [1.82, 2.24) is 10.1 Å². The lowest BCUT2D eigenvalue weighted by molar-refractivity contribution is -0.763. The summed E-state index contributed by atoms with van der Waals surface area (Å²) < 4.78 is 2.49. The summed E-state index contributed by atoms with van der Waals surface area (Å²) in [7, 11) is 0. The van der Waals surface area contributed by atoms with Crippen molar-refractivity contribution >= 4 is 39.3 Å². The van der Waals surface area contributed by atoms with E-state index in [1.54, 1.807) is 9.58 Å². The Kier molecular flexibility index (Phi) is 5.07. The third-order valence-corrected chi connectivity index (χ3v) is 5.77. The molecular formula is C20H18BrN4O2S+. The fraction of sp³-hybridized carbons (Fsp3) is 0.200. The topological polar surface area (TPSA) is 69.9 Å². The summed E-state index contributed by atoms with van der Waals surface area (Å²) in [5.41, 5.74) is 2.44. The number of thioether (sulfide) groups is 1. The van der Waals surface area contributed by atoms with E-state index < -0.39 is 6.17 Å². The SMILES string of the molecule is CCSc1n[n+]2c(c(=O)[nH]1)-c1cc(Br)ccc1N(C(C)=O)[C@H]2c1ccccc1. The molecule has 1 amide bonds. The predicted molar refractivity (Wildman–Crippen MR) is 112 cm³/mol. The number of rotatable bonds is 3. The third-order valence-electron chi connectivity index (χ3n) is 4.53. The third kappa shape index (κ3) is 3.16. The highest BCUT2D eigenvalue weighted by Gasteiger charge is 2.44. The quantitative estimate of drug-likeness (QED) is 0.482. The first kappa shape index (κ1) is 18.9. The molecule has 0 saturated heterocycles. The van der Waals surface area contributed by atoms with Crippen molar-refractivity contribution in [2.45, 2.75) is 25.2 Å². The smallest absolute Gasteiger partial charge is 0.291 e. The molecule has 3 aromatic rings. The molecule has 0 unspecified atom stereocenters. The van der Waals surface area contributed by atoms with Gasteiger partial charge in [-0.15, -0.1) is 0 Å². The number of hydrogen-bond donors (Lipinski definition) is 1. The summed E-state index contributed by atoms with van der Waals surface area (Å²) in [6, 6.07) is 15.2. The largest absolute Gasteiger partial charge is 0.325 e. The van der Waals surface area contributed by atoms with Crippen LogP contribution in [-0.2, 0) is 4.79 Å². The summed E-state index contributed by atoms with van der Waals surface area (Å²) in [6.45, 7) is 3.53. The number of carbonyl (C=O) groups excluding carboxylic acids is 1. The van der Waals surface area contributed by atoms with Gasteiger partial charge in [-0.05, 0) is 28.6 Å². The van der Waals surface area contributed by atoms with Crippen LogP contribution in [0.2, 0.25) is 0 Å². The van der Waals surface area contributed by atoms with Crippen LogP contribution >= 0.6 is 27.7 Å². The Morgan fingerprint density at radius 2 is 2.04 bits per heavy atom. The number of benzene rings is 2. The molecule has 8 heteroatoms. The predicted octanol–water partition coefficient (Wildman–Crippen LogP) is 3.51. The Bertz CT molecular complexity index is 1120. The molecule has 0 bridgehead atoms. The maximum absolute atomic E-state index is 13.0. The van der Waals surface area contributed by atoms with Gasteiger partial charge in [0.2, 0.25) is 11.1 Å². The number of aromatic nitrogens is 3. The van der Waals surface area contributed by atoms with Crippen LogP contribution in [0.15, 0.2) is 63.0 Å². The summed E-state index contributed by atoms with van der Waals surface area (Å²) in [6.07, 6.45) is -0.541. The van der Waals surface area contributed by atoms with Gasteiger partial charge >= 0.3 is 11.3 Å². The molecule has 28 heavy (non-hydrogen) atoms. The molecule has 4 rings (SSSR count). The first-order valence-electron chi connectivity index (χ1n) is 8.85. The fourth-order valence-corrected chi connectivity index (χ4v) is 4.41. The van der Waals surface area contributed by atoms with Crippen LogP contribution in [0.4, 0.5) is 5.69 Å². The summed E-state index contributed by atoms with van der Waals surface area (Å²) >= 11 is 4.93. The molecule has 1 N–H and O–H groups in total. The second kappa shape index (κ2) is 7.52. The zero-order valence-electron chi connectivity index (χ0n) is 15.3. The van der Waals surface area contributed by atoms with Crippen LogP contribution in [-0.4, -0.2) is 21.7 Å². The Morgan fingerprint density at radius 1 is 1.29 bits per heavy atom. The molecule has 0 aliphatic carbocycles. The van der Waals surface area contributed by atoms with Crippen LogP contribution in [0.3, 0.4) is 0 Å². The van der Waals surface area contributed by atoms with E-state index in [0.717, 1.165) is 15.8 Å². The number of carbonyl (C=O) groups is 1. The zero-order valence-corrected chi connectivity index (χ0v) is 17.8. The van der Waals surface area contributed by atoms with E-state index in [2.05, 4.69) is 20.9 Å². The van der Waals surface area contributed by atoms with Gasteiger partial charge in [-0.25, -0.2) is 4.90 Å². The highest BCUT2D eigenvalue weighted by molar-refractivity contribution is 9.10. The van der Waals surface area contributed by atoms with Crippen molar-refractivity contribution in [2.24, 2.45) is 0 Å². The van der Waals surface area contributed by atoms with E-state index in [-0.39, 0.29) is 11.5 Å². The fourth-order valence-electron chi connectivity index (χ4n) is 3.46. The molecule has 142 valence electrons. The number of nitrogens with one attached hydrogen (secondary N) is 1. The number of anilines is 1. The van der Waals surface area contributed by atoms with E-state index in [9.17, 15) is 9.59 Å². The minimum absolute atomic E-state index is 0.123. The van der Waals surface area contributed by atoms with Gasteiger partial charge in [0, 0.05) is 22.1 Å². The lowest BCUT2D eigenvalue weighted by Gasteiger charge is -2.31. The number of amides is 1. The van der Waals surface area contributed by atoms with E-state index >= 15 is 0 Å². The molecule has 0 saturated carbocycles. The van der Waals surface area contributed by atoms with Crippen LogP contribution < -0.4 is 15.1 Å². The highest BCUT2D eigenvalue weighted by Crippen LogP contribution is 2.38. The number of fused-ring (bicyclic) bond motifs is 3. The van der Waals surface area contributed by atoms with E-state index in [1.807, 2.05) is 55.5 Å². The minimum atomic E-state index is -0.541. The monoisotopic (exact) mass is 457 g/mol.